The summed E-state index contributed by atoms with van der Waals surface area (Å²) < 4.78 is 5.02. The molecule has 0 aliphatic heterocycles. The largest absolute Gasteiger partial charge is 0.461 e. The zero-order valence-electron chi connectivity index (χ0n) is 10.6. The van der Waals surface area contributed by atoms with Gasteiger partial charge in [0.25, 0.3) is 0 Å². The molecule has 0 fully saturated rings. The summed E-state index contributed by atoms with van der Waals surface area (Å²) in [5, 5.41) is 11.7. The van der Waals surface area contributed by atoms with Crippen LogP contribution in [0.15, 0.2) is 11.2 Å². The number of rotatable bonds is 3. The maximum atomic E-state index is 10.8. The summed E-state index contributed by atoms with van der Waals surface area (Å²) in [6.07, 6.45) is 1.40. The summed E-state index contributed by atoms with van der Waals surface area (Å²) >= 11 is 0. The summed E-state index contributed by atoms with van der Waals surface area (Å²) in [4.78, 5) is 10.8. The highest BCUT2D eigenvalue weighted by atomic mass is 16.5. The van der Waals surface area contributed by atoms with Crippen LogP contribution in [0, 0.1) is 20.8 Å². The van der Waals surface area contributed by atoms with Crippen LogP contribution in [0.4, 0.5) is 0 Å². The van der Waals surface area contributed by atoms with Crippen LogP contribution < -0.4 is 0 Å². The number of nitrogens with zero attached hydrogens (tertiary/aromatic N) is 1. The van der Waals surface area contributed by atoms with E-state index in [4.69, 9.17) is 9.94 Å². The van der Waals surface area contributed by atoms with E-state index in [2.05, 4.69) is 5.16 Å². The van der Waals surface area contributed by atoms with Crippen molar-refractivity contribution in [1.29, 1.82) is 0 Å². The molecule has 92 valence electrons. The molecule has 17 heavy (non-hydrogen) atoms. The first-order chi connectivity index (χ1) is 7.97. The Morgan fingerprint density at radius 2 is 2.06 bits per heavy atom. The maximum Gasteiger partial charge on any atom is 0.302 e. The number of benzene rings is 1. The molecule has 0 spiro atoms. The van der Waals surface area contributed by atoms with Gasteiger partial charge in [0.1, 0.15) is 6.61 Å². The normalized spacial score (nSPS) is 10.8. The average molecular weight is 235 g/mol. The van der Waals surface area contributed by atoms with Crippen molar-refractivity contribution in [2.24, 2.45) is 5.16 Å². The second kappa shape index (κ2) is 5.48. The van der Waals surface area contributed by atoms with E-state index in [1.165, 1.54) is 13.1 Å². The SMILES string of the molecule is CC(=O)OCc1c(C)cc(C)c(C=NO)c1C. The molecule has 0 saturated heterocycles. The number of hydrogen-bond donors (Lipinski definition) is 1. The quantitative estimate of drug-likeness (QED) is 0.379. The predicted molar refractivity (Wildman–Crippen MR) is 65.5 cm³/mol. The average Bonchev–Trinajstić information content (AvgIpc) is 2.23. The van der Waals surface area contributed by atoms with Gasteiger partial charge in [-0.2, -0.15) is 0 Å². The van der Waals surface area contributed by atoms with Crippen LogP contribution in [-0.2, 0) is 16.1 Å². The lowest BCUT2D eigenvalue weighted by molar-refractivity contribution is -0.142. The van der Waals surface area contributed by atoms with Crippen LogP contribution in [0.1, 0.15) is 34.7 Å². The molecule has 0 saturated carbocycles. The Morgan fingerprint density at radius 1 is 1.41 bits per heavy atom. The standard InChI is InChI=1S/C13H17NO3/c1-8-5-9(2)13(7-17-11(4)15)10(3)12(8)6-14-16/h5-6,16H,7H2,1-4H3. The van der Waals surface area contributed by atoms with Crippen molar-refractivity contribution in [1.82, 2.24) is 0 Å². The van der Waals surface area contributed by atoms with E-state index < -0.39 is 0 Å². The zero-order chi connectivity index (χ0) is 13.0. The molecule has 0 heterocycles. The molecule has 0 aromatic heterocycles. The molecule has 4 heteroatoms. The first kappa shape index (κ1) is 13.2. The van der Waals surface area contributed by atoms with Gasteiger partial charge in [0.05, 0.1) is 6.21 Å². The third-order valence-electron chi connectivity index (χ3n) is 2.80. The lowest BCUT2D eigenvalue weighted by Gasteiger charge is -2.14. The number of hydrogen-bond acceptors (Lipinski definition) is 4. The summed E-state index contributed by atoms with van der Waals surface area (Å²) in [7, 11) is 0. The van der Waals surface area contributed by atoms with E-state index >= 15 is 0 Å². The molecule has 0 amide bonds. The number of aryl methyl sites for hydroxylation is 2. The molecule has 0 radical (unpaired) electrons. The second-order valence-corrected chi connectivity index (χ2v) is 4.05. The van der Waals surface area contributed by atoms with Gasteiger partial charge < -0.3 is 9.94 Å². The summed E-state index contributed by atoms with van der Waals surface area (Å²) in [5.41, 5.74) is 4.89. The molecule has 0 atom stereocenters. The Balaban J connectivity index is 3.20. The van der Waals surface area contributed by atoms with E-state index in [1.807, 2.05) is 26.8 Å². The van der Waals surface area contributed by atoms with E-state index in [9.17, 15) is 4.79 Å². The van der Waals surface area contributed by atoms with Gasteiger partial charge in [0.2, 0.25) is 0 Å². The van der Waals surface area contributed by atoms with Gasteiger partial charge in [-0.15, -0.1) is 0 Å². The zero-order valence-corrected chi connectivity index (χ0v) is 10.6. The fraction of sp³-hybridized carbons (Fsp3) is 0.385. The number of carbonyl (C=O) groups excluding carboxylic acids is 1. The van der Waals surface area contributed by atoms with Gasteiger partial charge in [-0.1, -0.05) is 11.2 Å². The molecule has 1 rings (SSSR count). The number of carbonyl (C=O) groups is 1. The molecule has 0 aliphatic rings. The van der Waals surface area contributed by atoms with Crippen LogP contribution in [0.25, 0.3) is 0 Å². The Labute approximate surface area is 101 Å². The van der Waals surface area contributed by atoms with Gasteiger partial charge in [0.15, 0.2) is 0 Å². The van der Waals surface area contributed by atoms with Crippen molar-refractivity contribution in [3.05, 3.63) is 33.9 Å². The first-order valence-electron chi connectivity index (χ1n) is 5.37. The predicted octanol–water partition coefficient (Wildman–Crippen LogP) is 2.48. The van der Waals surface area contributed by atoms with Crippen molar-refractivity contribution >= 4 is 12.2 Å². The van der Waals surface area contributed by atoms with E-state index in [0.717, 1.165) is 27.8 Å². The van der Waals surface area contributed by atoms with E-state index in [1.54, 1.807) is 0 Å². The Kier molecular flexibility index (Phi) is 4.26. The van der Waals surface area contributed by atoms with Crippen molar-refractivity contribution in [3.63, 3.8) is 0 Å². The first-order valence-corrected chi connectivity index (χ1v) is 5.37. The Hall–Kier alpha value is -1.84. The van der Waals surface area contributed by atoms with Crippen molar-refractivity contribution < 1.29 is 14.7 Å². The smallest absolute Gasteiger partial charge is 0.302 e. The minimum absolute atomic E-state index is 0.250. The summed E-state index contributed by atoms with van der Waals surface area (Å²) in [6.45, 7) is 7.48. The molecular weight excluding hydrogens is 218 g/mol. The molecule has 0 unspecified atom stereocenters. The lowest BCUT2D eigenvalue weighted by Crippen LogP contribution is -2.06. The minimum Gasteiger partial charge on any atom is -0.461 e. The molecule has 1 aromatic carbocycles. The van der Waals surface area contributed by atoms with E-state index in [-0.39, 0.29) is 12.6 Å². The molecule has 4 nitrogen and oxygen atoms in total. The molecular formula is C13H17NO3. The van der Waals surface area contributed by atoms with Crippen LogP contribution in [0.3, 0.4) is 0 Å². The summed E-state index contributed by atoms with van der Waals surface area (Å²) in [5.74, 6) is -0.304. The molecule has 1 aromatic rings. The van der Waals surface area contributed by atoms with Gasteiger partial charge in [-0.05, 0) is 43.0 Å². The summed E-state index contributed by atoms with van der Waals surface area (Å²) in [6, 6.07) is 1.99. The van der Waals surface area contributed by atoms with Crippen molar-refractivity contribution in [3.8, 4) is 0 Å². The third-order valence-corrected chi connectivity index (χ3v) is 2.80. The van der Waals surface area contributed by atoms with Crippen LogP contribution in [0.2, 0.25) is 0 Å². The molecule has 1 N–H and O–H groups in total. The van der Waals surface area contributed by atoms with Gasteiger partial charge in [0, 0.05) is 12.5 Å². The molecule has 0 aliphatic carbocycles. The highest BCUT2D eigenvalue weighted by Gasteiger charge is 2.10. The Bertz CT molecular complexity index is 464. The highest BCUT2D eigenvalue weighted by molar-refractivity contribution is 5.84. The lowest BCUT2D eigenvalue weighted by atomic mass is 9.94. The van der Waals surface area contributed by atoms with E-state index in [0.29, 0.717) is 0 Å². The fourth-order valence-electron chi connectivity index (χ4n) is 1.90. The third kappa shape index (κ3) is 3.06. The monoisotopic (exact) mass is 235 g/mol. The number of esters is 1. The van der Waals surface area contributed by atoms with Gasteiger partial charge in [-0.25, -0.2) is 0 Å². The maximum absolute atomic E-state index is 10.8. The number of oxime groups is 1. The Morgan fingerprint density at radius 3 is 2.59 bits per heavy atom. The van der Waals surface area contributed by atoms with Crippen LogP contribution >= 0.6 is 0 Å². The minimum atomic E-state index is -0.304. The van der Waals surface area contributed by atoms with Gasteiger partial charge in [-0.3, -0.25) is 4.79 Å². The van der Waals surface area contributed by atoms with Crippen LogP contribution in [0.5, 0.6) is 0 Å². The second-order valence-electron chi connectivity index (χ2n) is 4.05. The van der Waals surface area contributed by atoms with Gasteiger partial charge >= 0.3 is 5.97 Å². The highest BCUT2D eigenvalue weighted by Crippen LogP contribution is 2.21. The fourth-order valence-corrected chi connectivity index (χ4v) is 1.90. The van der Waals surface area contributed by atoms with Crippen molar-refractivity contribution in [2.75, 3.05) is 0 Å². The number of ether oxygens (including phenoxy) is 1. The topological polar surface area (TPSA) is 58.9 Å². The van der Waals surface area contributed by atoms with Crippen molar-refractivity contribution in [2.45, 2.75) is 34.3 Å². The van der Waals surface area contributed by atoms with Crippen LogP contribution in [-0.4, -0.2) is 17.4 Å². The molecule has 0 bridgehead atoms.